The van der Waals surface area contributed by atoms with Crippen LogP contribution in [-0.4, -0.2) is 51.5 Å². The van der Waals surface area contributed by atoms with Crippen molar-refractivity contribution in [3.05, 3.63) is 60.2 Å². The van der Waals surface area contributed by atoms with Gasteiger partial charge in [-0.3, -0.25) is 0 Å². The first-order valence-corrected chi connectivity index (χ1v) is 8.20. The van der Waals surface area contributed by atoms with Crippen molar-refractivity contribution in [2.24, 2.45) is 0 Å². The summed E-state index contributed by atoms with van der Waals surface area (Å²) < 4.78 is 12.9. The second-order valence-electron chi connectivity index (χ2n) is 7.25. The molecule has 2 aromatic rings. The van der Waals surface area contributed by atoms with Gasteiger partial charge in [0.1, 0.15) is 18.8 Å². The van der Waals surface area contributed by atoms with Gasteiger partial charge in [-0.1, -0.05) is 54.6 Å². The van der Waals surface area contributed by atoms with Crippen LogP contribution in [0, 0.1) is 0 Å². The van der Waals surface area contributed by atoms with Gasteiger partial charge in [0.25, 0.3) is 0 Å². The Morgan fingerprint density at radius 2 is 1.52 bits per heavy atom. The van der Waals surface area contributed by atoms with Crippen LogP contribution in [0.4, 0.5) is 0 Å². The fourth-order valence-corrected chi connectivity index (χ4v) is 3.02. The normalized spacial score (nSPS) is 22.0. The first-order chi connectivity index (χ1) is 11.0. The van der Waals surface area contributed by atoms with Crippen molar-refractivity contribution >= 4 is 0 Å². The molecule has 1 saturated heterocycles. The molecule has 0 radical (unpaired) electrons. The quantitative estimate of drug-likeness (QED) is 0.804. The smallest absolute Gasteiger partial charge is 0.130 e. The third-order valence-electron chi connectivity index (χ3n) is 4.07. The zero-order valence-electron chi connectivity index (χ0n) is 14.2. The van der Waals surface area contributed by atoms with Gasteiger partial charge in [0.2, 0.25) is 0 Å². The Kier molecular flexibility index (Phi) is 4.81. The van der Waals surface area contributed by atoms with Gasteiger partial charge in [-0.05, 0) is 16.7 Å². The monoisotopic (exact) mass is 312 g/mol. The van der Waals surface area contributed by atoms with Crippen LogP contribution in [0.15, 0.2) is 54.6 Å². The highest BCUT2D eigenvalue weighted by molar-refractivity contribution is 5.63. The molecule has 3 nitrogen and oxygen atoms in total. The summed E-state index contributed by atoms with van der Waals surface area (Å²) in [4.78, 5) is 0. The lowest BCUT2D eigenvalue weighted by Gasteiger charge is -2.35. The molecule has 0 N–H and O–H groups in total. The maximum atomic E-state index is 6.25. The van der Waals surface area contributed by atoms with Gasteiger partial charge in [0.15, 0.2) is 0 Å². The number of ether oxygens (including phenoxy) is 2. The molecule has 3 rings (SSSR count). The topological polar surface area (TPSA) is 18.5 Å². The van der Waals surface area contributed by atoms with Crippen molar-refractivity contribution in [2.75, 3.05) is 40.9 Å². The predicted octanol–water partition coefficient (Wildman–Crippen LogP) is 3.52. The Bertz CT molecular complexity index is 616. The Labute approximate surface area is 139 Å². The number of nitrogens with zero attached hydrogens (tertiary/aromatic N) is 1. The number of likely N-dealkylation sites (N-methyl/N-ethyl adjacent to an activating group) is 1. The molecular weight excluding hydrogens is 286 g/mol. The zero-order chi connectivity index (χ0) is 16.3. The van der Waals surface area contributed by atoms with Gasteiger partial charge in [0, 0.05) is 0 Å². The predicted molar refractivity (Wildman–Crippen MR) is 93.2 cm³/mol. The average molecular weight is 312 g/mol. The van der Waals surface area contributed by atoms with Crippen LogP contribution in [0.1, 0.15) is 11.7 Å². The van der Waals surface area contributed by atoms with Crippen LogP contribution in [-0.2, 0) is 9.47 Å². The van der Waals surface area contributed by atoms with E-state index in [4.69, 9.17) is 9.47 Å². The highest BCUT2D eigenvalue weighted by Crippen LogP contribution is 2.27. The first-order valence-electron chi connectivity index (χ1n) is 8.20. The molecule has 1 fully saturated rings. The molecule has 0 aliphatic carbocycles. The van der Waals surface area contributed by atoms with Crippen LogP contribution in [0.25, 0.3) is 11.1 Å². The first kappa shape index (κ1) is 16.2. The van der Waals surface area contributed by atoms with Gasteiger partial charge in [0.05, 0.1) is 34.4 Å². The van der Waals surface area contributed by atoms with Gasteiger partial charge >= 0.3 is 0 Å². The average Bonchev–Trinajstić information content (AvgIpc) is 2.55. The largest absolute Gasteiger partial charge is 0.375 e. The molecular formula is C20H26NO2+. The summed E-state index contributed by atoms with van der Waals surface area (Å²) in [5.74, 6) is 0. The minimum Gasteiger partial charge on any atom is -0.375 e. The number of hydrogen-bond donors (Lipinski definition) is 0. The van der Waals surface area contributed by atoms with E-state index >= 15 is 0 Å². The fraction of sp³-hybridized carbons (Fsp3) is 0.400. The highest BCUT2D eigenvalue weighted by Gasteiger charge is 2.28. The van der Waals surface area contributed by atoms with Crippen LogP contribution in [0.2, 0.25) is 0 Å². The van der Waals surface area contributed by atoms with E-state index < -0.39 is 0 Å². The maximum Gasteiger partial charge on any atom is 0.130 e. The minimum atomic E-state index is 0.0325. The second kappa shape index (κ2) is 6.83. The maximum absolute atomic E-state index is 6.25. The minimum absolute atomic E-state index is 0.0325. The summed E-state index contributed by atoms with van der Waals surface area (Å²) in [6, 6.07) is 19.1. The van der Waals surface area contributed by atoms with Gasteiger partial charge in [-0.25, -0.2) is 0 Å². The molecule has 2 atom stereocenters. The van der Waals surface area contributed by atoms with E-state index in [1.54, 1.807) is 0 Å². The molecule has 3 heteroatoms. The second-order valence-corrected chi connectivity index (χ2v) is 7.25. The SMILES string of the molecule is C[N+](C)(C)C[C@@H]1COC[C@H](c2ccc(-c3ccccc3)cc2)O1. The molecule has 1 heterocycles. The third kappa shape index (κ3) is 4.41. The molecule has 122 valence electrons. The number of hydrogen-bond acceptors (Lipinski definition) is 2. The highest BCUT2D eigenvalue weighted by atomic mass is 16.6. The molecule has 0 amide bonds. The Morgan fingerprint density at radius 1 is 0.870 bits per heavy atom. The van der Waals surface area contributed by atoms with E-state index in [1.165, 1.54) is 16.7 Å². The van der Waals surface area contributed by atoms with Crippen molar-refractivity contribution in [3.63, 3.8) is 0 Å². The lowest BCUT2D eigenvalue weighted by Crippen LogP contribution is -2.46. The summed E-state index contributed by atoms with van der Waals surface area (Å²) in [6.45, 7) is 2.28. The summed E-state index contributed by atoms with van der Waals surface area (Å²) in [7, 11) is 6.55. The number of benzene rings is 2. The summed E-state index contributed by atoms with van der Waals surface area (Å²) in [5, 5.41) is 0. The fourth-order valence-electron chi connectivity index (χ4n) is 3.02. The molecule has 2 aromatic carbocycles. The van der Waals surface area contributed by atoms with Crippen molar-refractivity contribution in [1.82, 2.24) is 0 Å². The third-order valence-corrected chi connectivity index (χ3v) is 4.07. The molecule has 0 saturated carbocycles. The summed E-state index contributed by atoms with van der Waals surface area (Å²) in [6.07, 6.45) is 0.188. The van der Waals surface area contributed by atoms with Crippen molar-refractivity contribution in [1.29, 1.82) is 0 Å². The molecule has 0 bridgehead atoms. The number of rotatable bonds is 4. The van der Waals surface area contributed by atoms with Crippen LogP contribution >= 0.6 is 0 Å². The Hall–Kier alpha value is -1.68. The number of quaternary nitrogens is 1. The van der Waals surface area contributed by atoms with E-state index in [2.05, 4.69) is 69.7 Å². The van der Waals surface area contributed by atoms with Crippen molar-refractivity contribution in [2.45, 2.75) is 12.2 Å². The van der Waals surface area contributed by atoms with E-state index in [1.807, 2.05) is 6.07 Å². The van der Waals surface area contributed by atoms with E-state index in [9.17, 15) is 0 Å². The van der Waals surface area contributed by atoms with Gasteiger partial charge in [-0.15, -0.1) is 0 Å². The van der Waals surface area contributed by atoms with E-state index in [-0.39, 0.29) is 12.2 Å². The molecule has 1 aliphatic rings. The molecule has 0 spiro atoms. The zero-order valence-corrected chi connectivity index (χ0v) is 14.2. The summed E-state index contributed by atoms with van der Waals surface area (Å²) >= 11 is 0. The van der Waals surface area contributed by atoms with E-state index in [0.29, 0.717) is 13.2 Å². The van der Waals surface area contributed by atoms with Gasteiger partial charge in [-0.2, -0.15) is 0 Å². The molecule has 23 heavy (non-hydrogen) atoms. The lowest BCUT2D eigenvalue weighted by atomic mass is 10.0. The van der Waals surface area contributed by atoms with Crippen molar-refractivity contribution < 1.29 is 14.0 Å². The standard InChI is InChI=1S/C20H26NO2/c1-21(2,3)13-19-14-22-15-20(23-19)18-11-9-17(10-12-18)16-7-5-4-6-8-16/h4-12,19-20H,13-15H2,1-3H3/q+1/t19-,20-/m1/s1. The summed E-state index contributed by atoms with van der Waals surface area (Å²) in [5.41, 5.74) is 3.66. The van der Waals surface area contributed by atoms with Gasteiger partial charge < -0.3 is 14.0 Å². The molecule has 1 aliphatic heterocycles. The van der Waals surface area contributed by atoms with E-state index in [0.717, 1.165) is 11.0 Å². The van der Waals surface area contributed by atoms with Crippen LogP contribution in [0.5, 0.6) is 0 Å². The molecule has 0 aromatic heterocycles. The van der Waals surface area contributed by atoms with Crippen LogP contribution in [0.3, 0.4) is 0 Å². The van der Waals surface area contributed by atoms with Crippen molar-refractivity contribution in [3.8, 4) is 11.1 Å². The Morgan fingerprint density at radius 3 is 2.17 bits per heavy atom. The van der Waals surface area contributed by atoms with Crippen LogP contribution < -0.4 is 0 Å². The Balaban J connectivity index is 1.69. The molecule has 0 unspecified atom stereocenters. The lowest BCUT2D eigenvalue weighted by molar-refractivity contribution is -0.874.